The molecule has 0 amide bonds. The van der Waals surface area contributed by atoms with Crippen LogP contribution in [0, 0.1) is 5.82 Å². The van der Waals surface area contributed by atoms with Crippen molar-refractivity contribution in [3.63, 3.8) is 0 Å². The number of hydrogen-bond acceptors (Lipinski definition) is 2. The highest BCUT2D eigenvalue weighted by molar-refractivity contribution is 5.48. The Balaban J connectivity index is 2.31. The summed E-state index contributed by atoms with van der Waals surface area (Å²) in [7, 11) is 0. The molecule has 96 valence electrons. The molecule has 3 nitrogen and oxygen atoms in total. The lowest BCUT2D eigenvalue weighted by Gasteiger charge is -2.06. The van der Waals surface area contributed by atoms with E-state index in [1.807, 2.05) is 11.6 Å². The summed E-state index contributed by atoms with van der Waals surface area (Å²) in [4.78, 5) is 0. The molecule has 2 N–H and O–H groups in total. The number of nitrogens with two attached hydrogens (primary N) is 1. The third-order valence-electron chi connectivity index (χ3n) is 3.09. The first-order valence-electron chi connectivity index (χ1n) is 6.24. The Labute approximate surface area is 106 Å². The van der Waals surface area contributed by atoms with Crippen molar-refractivity contribution >= 4 is 5.69 Å². The molecule has 2 rings (SSSR count). The van der Waals surface area contributed by atoms with Crippen LogP contribution in [0.25, 0.3) is 0 Å². The molecule has 0 unspecified atom stereocenters. The molecule has 0 saturated carbocycles. The lowest BCUT2D eigenvalue weighted by Crippen LogP contribution is -2.06. The van der Waals surface area contributed by atoms with E-state index in [0.29, 0.717) is 6.54 Å². The van der Waals surface area contributed by atoms with Crippen LogP contribution in [-0.4, -0.2) is 9.78 Å². The average molecular weight is 247 g/mol. The van der Waals surface area contributed by atoms with Crippen LogP contribution < -0.4 is 5.73 Å². The number of rotatable bonds is 4. The minimum absolute atomic E-state index is 0.219. The Morgan fingerprint density at radius 2 is 1.83 bits per heavy atom. The van der Waals surface area contributed by atoms with Crippen molar-refractivity contribution in [3.05, 3.63) is 47.0 Å². The van der Waals surface area contributed by atoms with Gasteiger partial charge in [-0.05, 0) is 30.5 Å². The molecule has 18 heavy (non-hydrogen) atoms. The van der Waals surface area contributed by atoms with E-state index in [0.717, 1.165) is 35.5 Å². The number of aromatic nitrogens is 2. The van der Waals surface area contributed by atoms with Crippen molar-refractivity contribution < 1.29 is 4.39 Å². The van der Waals surface area contributed by atoms with Gasteiger partial charge in [0, 0.05) is 0 Å². The molecule has 0 fully saturated rings. The van der Waals surface area contributed by atoms with Crippen molar-refractivity contribution in [2.24, 2.45) is 0 Å². The van der Waals surface area contributed by atoms with E-state index < -0.39 is 0 Å². The number of anilines is 1. The second-order valence-corrected chi connectivity index (χ2v) is 4.30. The van der Waals surface area contributed by atoms with Crippen LogP contribution in [0.2, 0.25) is 0 Å². The molecule has 0 aliphatic heterocycles. The van der Waals surface area contributed by atoms with Crippen molar-refractivity contribution in [2.45, 2.75) is 33.2 Å². The van der Waals surface area contributed by atoms with Gasteiger partial charge in [-0.1, -0.05) is 26.0 Å². The monoisotopic (exact) mass is 247 g/mol. The Hall–Kier alpha value is -1.84. The van der Waals surface area contributed by atoms with Crippen LogP contribution in [0.15, 0.2) is 24.3 Å². The van der Waals surface area contributed by atoms with Gasteiger partial charge in [0.1, 0.15) is 5.82 Å². The first kappa shape index (κ1) is 12.6. The Morgan fingerprint density at radius 3 is 2.39 bits per heavy atom. The fourth-order valence-corrected chi connectivity index (χ4v) is 2.09. The minimum atomic E-state index is -0.219. The molecule has 4 heteroatoms. The van der Waals surface area contributed by atoms with Crippen LogP contribution in [0.1, 0.15) is 30.8 Å². The average Bonchev–Trinajstić information content (AvgIpc) is 2.68. The summed E-state index contributed by atoms with van der Waals surface area (Å²) < 4.78 is 14.8. The van der Waals surface area contributed by atoms with Gasteiger partial charge in [0.25, 0.3) is 0 Å². The molecular weight excluding hydrogens is 229 g/mol. The molecule has 0 saturated heterocycles. The Kier molecular flexibility index (Phi) is 3.65. The van der Waals surface area contributed by atoms with Crippen molar-refractivity contribution in [3.8, 4) is 0 Å². The van der Waals surface area contributed by atoms with Crippen LogP contribution in [0.4, 0.5) is 10.1 Å². The maximum Gasteiger partial charge on any atom is 0.123 e. The normalized spacial score (nSPS) is 10.8. The smallest absolute Gasteiger partial charge is 0.123 e. The predicted octanol–water partition coefficient (Wildman–Crippen LogP) is 2.78. The molecule has 0 spiro atoms. The van der Waals surface area contributed by atoms with Gasteiger partial charge in [0.05, 0.1) is 23.6 Å². The number of aryl methyl sites for hydroxylation is 1. The minimum Gasteiger partial charge on any atom is -0.396 e. The second kappa shape index (κ2) is 5.21. The van der Waals surface area contributed by atoms with E-state index in [1.54, 1.807) is 12.1 Å². The number of nitrogen functional groups attached to an aromatic ring is 1. The Bertz CT molecular complexity index is 529. The second-order valence-electron chi connectivity index (χ2n) is 4.30. The summed E-state index contributed by atoms with van der Waals surface area (Å²) in [6.45, 7) is 4.74. The number of halogens is 1. The van der Waals surface area contributed by atoms with Gasteiger partial charge in [0.15, 0.2) is 0 Å². The van der Waals surface area contributed by atoms with E-state index in [4.69, 9.17) is 5.73 Å². The first-order valence-corrected chi connectivity index (χ1v) is 6.24. The van der Waals surface area contributed by atoms with Crippen LogP contribution in [0.5, 0.6) is 0 Å². The zero-order chi connectivity index (χ0) is 13.1. The molecule has 0 bridgehead atoms. The van der Waals surface area contributed by atoms with Crippen LogP contribution in [-0.2, 0) is 19.4 Å². The van der Waals surface area contributed by atoms with Crippen molar-refractivity contribution in [1.82, 2.24) is 9.78 Å². The number of nitrogens with zero attached hydrogens (tertiary/aromatic N) is 2. The topological polar surface area (TPSA) is 43.8 Å². The summed E-state index contributed by atoms with van der Waals surface area (Å²) in [6.07, 6.45) is 1.68. The van der Waals surface area contributed by atoms with E-state index in [-0.39, 0.29) is 5.82 Å². The predicted molar refractivity (Wildman–Crippen MR) is 70.9 cm³/mol. The third-order valence-corrected chi connectivity index (χ3v) is 3.09. The van der Waals surface area contributed by atoms with E-state index in [2.05, 4.69) is 12.0 Å². The molecular formula is C14H18FN3. The third kappa shape index (κ3) is 2.37. The Morgan fingerprint density at radius 1 is 1.17 bits per heavy atom. The highest BCUT2D eigenvalue weighted by atomic mass is 19.1. The fraction of sp³-hybridized carbons (Fsp3) is 0.357. The van der Waals surface area contributed by atoms with Gasteiger partial charge >= 0.3 is 0 Å². The highest BCUT2D eigenvalue weighted by Crippen LogP contribution is 2.19. The quantitative estimate of drug-likeness (QED) is 0.902. The summed E-state index contributed by atoms with van der Waals surface area (Å²) in [5.74, 6) is -0.219. The largest absolute Gasteiger partial charge is 0.396 e. The summed E-state index contributed by atoms with van der Waals surface area (Å²) >= 11 is 0. The van der Waals surface area contributed by atoms with Gasteiger partial charge < -0.3 is 5.73 Å². The van der Waals surface area contributed by atoms with E-state index >= 15 is 0 Å². The molecule has 0 aliphatic carbocycles. The summed E-state index contributed by atoms with van der Waals surface area (Å²) in [5.41, 5.74) is 9.87. The number of hydrogen-bond donors (Lipinski definition) is 1. The maximum atomic E-state index is 12.9. The molecule has 0 atom stereocenters. The van der Waals surface area contributed by atoms with Gasteiger partial charge in [-0.2, -0.15) is 5.10 Å². The van der Waals surface area contributed by atoms with Gasteiger partial charge in [0.2, 0.25) is 0 Å². The lowest BCUT2D eigenvalue weighted by molar-refractivity contribution is 0.619. The summed E-state index contributed by atoms with van der Waals surface area (Å²) in [6, 6.07) is 6.49. The molecule has 1 heterocycles. The standard InChI is InChI=1S/C14H18FN3/c1-3-12-14(16)13(4-2)18(17-12)9-10-5-7-11(15)8-6-10/h5-8H,3-4,9,16H2,1-2H3. The summed E-state index contributed by atoms with van der Waals surface area (Å²) in [5, 5.41) is 4.51. The molecule has 1 aromatic carbocycles. The van der Waals surface area contributed by atoms with Crippen LogP contribution >= 0.6 is 0 Å². The number of benzene rings is 1. The SMILES string of the molecule is CCc1nn(Cc2ccc(F)cc2)c(CC)c1N. The van der Waals surface area contributed by atoms with Gasteiger partial charge in [-0.25, -0.2) is 4.39 Å². The molecule has 1 aromatic heterocycles. The molecule has 2 aromatic rings. The zero-order valence-electron chi connectivity index (χ0n) is 10.8. The van der Waals surface area contributed by atoms with Crippen molar-refractivity contribution in [1.29, 1.82) is 0 Å². The zero-order valence-corrected chi connectivity index (χ0v) is 10.8. The highest BCUT2D eigenvalue weighted by Gasteiger charge is 2.12. The maximum absolute atomic E-state index is 12.9. The van der Waals surface area contributed by atoms with E-state index in [9.17, 15) is 4.39 Å². The molecule has 0 radical (unpaired) electrons. The fourth-order valence-electron chi connectivity index (χ4n) is 2.09. The molecule has 0 aliphatic rings. The van der Waals surface area contributed by atoms with E-state index in [1.165, 1.54) is 12.1 Å². The van der Waals surface area contributed by atoms with Crippen molar-refractivity contribution in [2.75, 3.05) is 5.73 Å². The van der Waals surface area contributed by atoms with Gasteiger partial charge in [-0.3, -0.25) is 4.68 Å². The van der Waals surface area contributed by atoms with Gasteiger partial charge in [-0.15, -0.1) is 0 Å². The lowest BCUT2D eigenvalue weighted by atomic mass is 10.2. The first-order chi connectivity index (χ1) is 8.65. The van der Waals surface area contributed by atoms with Crippen LogP contribution in [0.3, 0.4) is 0 Å².